The maximum atomic E-state index is 12.7. The predicted molar refractivity (Wildman–Crippen MR) is 124 cm³/mol. The molecule has 0 saturated heterocycles. The summed E-state index contributed by atoms with van der Waals surface area (Å²) in [5, 5.41) is 9.51. The van der Waals surface area contributed by atoms with Gasteiger partial charge in [0.15, 0.2) is 0 Å². The van der Waals surface area contributed by atoms with Gasteiger partial charge in [-0.1, -0.05) is 85.8 Å². The van der Waals surface area contributed by atoms with E-state index in [4.69, 9.17) is 0 Å². The molecule has 0 saturated carbocycles. The molecule has 1 N–H and O–H groups in total. The van der Waals surface area contributed by atoms with Gasteiger partial charge in [0.1, 0.15) is 0 Å². The molecule has 1 atom stereocenters. The van der Waals surface area contributed by atoms with E-state index in [9.17, 15) is 4.79 Å². The molecule has 3 aromatic rings. The lowest BCUT2D eigenvalue weighted by Crippen LogP contribution is -2.27. The van der Waals surface area contributed by atoms with Gasteiger partial charge in [-0.05, 0) is 36.6 Å². The average molecular weight is 398 g/mol. The van der Waals surface area contributed by atoms with Gasteiger partial charge in [-0.15, -0.1) is 0 Å². The Hall–Kier alpha value is -3.66. The van der Waals surface area contributed by atoms with Crippen LogP contribution in [0.25, 0.3) is 0 Å². The summed E-state index contributed by atoms with van der Waals surface area (Å²) in [7, 11) is 0. The van der Waals surface area contributed by atoms with Crippen LogP contribution in [0.4, 0.5) is 5.69 Å². The molecule has 0 unspecified atom stereocenters. The zero-order valence-corrected chi connectivity index (χ0v) is 17.4. The number of nitrogens with zero attached hydrogens (tertiary/aromatic N) is 2. The molecular formula is C26H27N3O. The van der Waals surface area contributed by atoms with Gasteiger partial charge < -0.3 is 5.32 Å². The van der Waals surface area contributed by atoms with Gasteiger partial charge in [0, 0.05) is 11.8 Å². The third-order valence-corrected chi connectivity index (χ3v) is 4.72. The molecule has 4 nitrogen and oxygen atoms in total. The Morgan fingerprint density at radius 1 is 0.933 bits per heavy atom. The number of amides is 1. The Labute approximate surface area is 178 Å². The van der Waals surface area contributed by atoms with Crippen LogP contribution in [0, 0.1) is 0 Å². The Kier molecular flexibility index (Phi) is 7.56. The van der Waals surface area contributed by atoms with Gasteiger partial charge in [0.05, 0.1) is 17.9 Å². The maximum absolute atomic E-state index is 12.7. The number of nitrogens with one attached hydrogen (secondary N) is 1. The van der Waals surface area contributed by atoms with Crippen molar-refractivity contribution in [1.82, 2.24) is 5.32 Å². The number of carbonyl (C=O) groups excluding carboxylic acids is 1. The van der Waals surface area contributed by atoms with Crippen LogP contribution in [-0.4, -0.2) is 12.1 Å². The monoisotopic (exact) mass is 397 g/mol. The van der Waals surface area contributed by atoms with Crippen LogP contribution < -0.4 is 10.3 Å². The van der Waals surface area contributed by atoms with Crippen molar-refractivity contribution >= 4 is 17.8 Å². The Morgan fingerprint density at radius 3 is 2.10 bits per heavy atom. The zero-order chi connectivity index (χ0) is 21.2. The first-order chi connectivity index (χ1) is 14.7. The summed E-state index contributed by atoms with van der Waals surface area (Å²) >= 11 is 0. The second-order valence-corrected chi connectivity index (χ2v) is 6.97. The summed E-state index contributed by atoms with van der Waals surface area (Å²) in [6.07, 6.45) is 4.21. The molecule has 0 heterocycles. The fourth-order valence-electron chi connectivity index (χ4n) is 3.16. The molecule has 0 spiro atoms. The van der Waals surface area contributed by atoms with Crippen LogP contribution in [0.3, 0.4) is 0 Å². The van der Waals surface area contributed by atoms with Crippen LogP contribution in [0.5, 0.6) is 0 Å². The highest BCUT2D eigenvalue weighted by atomic mass is 16.1. The SMILES string of the molecule is CC[C@H](NC(=O)/C=C(\C)N(/N=C/c1ccccc1)c1ccccc1)c1ccccc1. The van der Waals surface area contributed by atoms with Crippen LogP contribution in [0.2, 0.25) is 0 Å². The van der Waals surface area contributed by atoms with E-state index in [1.54, 1.807) is 17.3 Å². The lowest BCUT2D eigenvalue weighted by molar-refractivity contribution is -0.117. The van der Waals surface area contributed by atoms with E-state index in [1.165, 1.54) is 0 Å². The van der Waals surface area contributed by atoms with Gasteiger partial charge in [0.25, 0.3) is 0 Å². The van der Waals surface area contributed by atoms with Gasteiger partial charge in [-0.3, -0.25) is 4.79 Å². The smallest absolute Gasteiger partial charge is 0.246 e. The number of benzene rings is 3. The highest BCUT2D eigenvalue weighted by molar-refractivity contribution is 5.89. The van der Waals surface area contributed by atoms with Gasteiger partial charge in [-0.25, -0.2) is 5.01 Å². The van der Waals surface area contributed by atoms with Crippen molar-refractivity contribution < 1.29 is 4.79 Å². The Balaban J connectivity index is 1.81. The molecule has 0 aliphatic heterocycles. The molecule has 4 heteroatoms. The highest BCUT2D eigenvalue weighted by Crippen LogP contribution is 2.20. The largest absolute Gasteiger partial charge is 0.346 e. The minimum absolute atomic E-state index is 0.0271. The standard InChI is InChI=1S/C26H27N3O/c1-3-25(23-15-9-5-10-16-23)28-26(30)19-21(2)29(24-17-11-6-12-18-24)27-20-22-13-7-4-8-14-22/h4-20,25H,3H2,1-2H3,(H,28,30)/b21-19+,27-20+/t25-/m0/s1. The summed E-state index contributed by atoms with van der Waals surface area (Å²) in [5.74, 6) is -0.140. The fourth-order valence-corrected chi connectivity index (χ4v) is 3.16. The zero-order valence-electron chi connectivity index (χ0n) is 17.4. The molecule has 0 aliphatic carbocycles. The van der Waals surface area contributed by atoms with Crippen LogP contribution in [-0.2, 0) is 4.79 Å². The number of hydrazone groups is 1. The van der Waals surface area contributed by atoms with Crippen LogP contribution >= 0.6 is 0 Å². The third-order valence-electron chi connectivity index (χ3n) is 4.72. The van der Waals surface area contributed by atoms with Crippen molar-refractivity contribution in [3.63, 3.8) is 0 Å². The summed E-state index contributed by atoms with van der Waals surface area (Å²) in [6.45, 7) is 3.95. The van der Waals surface area contributed by atoms with Crippen molar-refractivity contribution in [1.29, 1.82) is 0 Å². The topological polar surface area (TPSA) is 44.7 Å². The molecule has 30 heavy (non-hydrogen) atoms. The minimum Gasteiger partial charge on any atom is -0.346 e. The molecule has 3 rings (SSSR count). The predicted octanol–water partition coefficient (Wildman–Crippen LogP) is 5.70. The molecule has 3 aromatic carbocycles. The molecular weight excluding hydrogens is 370 g/mol. The number of rotatable bonds is 8. The maximum Gasteiger partial charge on any atom is 0.246 e. The normalized spacial score (nSPS) is 12.5. The number of hydrogen-bond acceptors (Lipinski definition) is 3. The lowest BCUT2D eigenvalue weighted by atomic mass is 10.0. The summed E-state index contributed by atoms with van der Waals surface area (Å²) < 4.78 is 0. The molecule has 0 radical (unpaired) electrons. The summed E-state index contributed by atoms with van der Waals surface area (Å²) in [5.41, 5.74) is 3.71. The van der Waals surface area contributed by atoms with Crippen molar-refractivity contribution in [2.75, 3.05) is 5.01 Å². The highest BCUT2D eigenvalue weighted by Gasteiger charge is 2.13. The minimum atomic E-state index is -0.140. The number of carbonyl (C=O) groups is 1. The molecule has 0 bridgehead atoms. The second-order valence-electron chi connectivity index (χ2n) is 6.97. The molecule has 0 aromatic heterocycles. The summed E-state index contributed by atoms with van der Waals surface area (Å²) in [6, 6.07) is 29.7. The Morgan fingerprint density at radius 2 is 1.50 bits per heavy atom. The van der Waals surface area contributed by atoms with E-state index in [1.807, 2.05) is 97.9 Å². The van der Waals surface area contributed by atoms with E-state index in [2.05, 4.69) is 17.3 Å². The van der Waals surface area contributed by atoms with Crippen molar-refractivity contribution in [3.8, 4) is 0 Å². The first kappa shape index (κ1) is 21.1. The third kappa shape index (κ3) is 5.92. The van der Waals surface area contributed by atoms with Gasteiger partial charge in [0.2, 0.25) is 5.91 Å². The number of para-hydroxylation sites is 1. The molecule has 152 valence electrons. The molecule has 0 fully saturated rings. The fraction of sp³-hybridized carbons (Fsp3) is 0.154. The number of allylic oxidation sites excluding steroid dienone is 1. The van der Waals surface area contributed by atoms with Crippen LogP contribution in [0.1, 0.15) is 37.4 Å². The Bertz CT molecular complexity index is 983. The molecule has 1 amide bonds. The van der Waals surface area contributed by atoms with Gasteiger partial charge in [-0.2, -0.15) is 5.10 Å². The quantitative estimate of drug-likeness (QED) is 0.301. The number of anilines is 1. The first-order valence-corrected chi connectivity index (χ1v) is 10.2. The van der Waals surface area contributed by atoms with E-state index in [-0.39, 0.29) is 11.9 Å². The molecule has 0 aliphatic rings. The average Bonchev–Trinajstić information content (AvgIpc) is 2.79. The van der Waals surface area contributed by atoms with E-state index >= 15 is 0 Å². The van der Waals surface area contributed by atoms with E-state index < -0.39 is 0 Å². The van der Waals surface area contributed by atoms with Crippen molar-refractivity contribution in [2.45, 2.75) is 26.3 Å². The summed E-state index contributed by atoms with van der Waals surface area (Å²) in [4.78, 5) is 12.7. The first-order valence-electron chi connectivity index (χ1n) is 10.2. The van der Waals surface area contributed by atoms with E-state index in [0.717, 1.165) is 28.9 Å². The van der Waals surface area contributed by atoms with Crippen molar-refractivity contribution in [3.05, 3.63) is 114 Å². The van der Waals surface area contributed by atoms with Crippen LogP contribution in [0.15, 0.2) is 108 Å². The second kappa shape index (κ2) is 10.8. The van der Waals surface area contributed by atoms with Gasteiger partial charge >= 0.3 is 0 Å². The van der Waals surface area contributed by atoms with Crippen molar-refractivity contribution in [2.24, 2.45) is 5.10 Å². The van der Waals surface area contributed by atoms with E-state index in [0.29, 0.717) is 0 Å². The lowest BCUT2D eigenvalue weighted by Gasteiger charge is -2.21. The number of hydrogen-bond donors (Lipinski definition) is 1.